The Bertz CT molecular complexity index is 868. The third-order valence-electron chi connectivity index (χ3n) is 3.85. The number of hydrogen-bond acceptors (Lipinski definition) is 4. The summed E-state index contributed by atoms with van der Waals surface area (Å²) >= 11 is 0. The molecule has 6 nitrogen and oxygen atoms in total. The monoisotopic (exact) mass is 394 g/mol. The van der Waals surface area contributed by atoms with Gasteiger partial charge in [-0.3, -0.25) is 9.10 Å². The minimum atomic E-state index is -3.56. The predicted octanol–water partition coefficient (Wildman–Crippen LogP) is 2.56. The van der Waals surface area contributed by atoms with Crippen molar-refractivity contribution < 1.29 is 22.3 Å². The average Bonchev–Trinajstić information content (AvgIpc) is 2.60. The van der Waals surface area contributed by atoms with Crippen LogP contribution in [0.5, 0.6) is 0 Å². The van der Waals surface area contributed by atoms with Gasteiger partial charge in [-0.2, -0.15) is 0 Å². The Morgan fingerprint density at radius 2 is 1.74 bits per heavy atom. The zero-order valence-corrected chi connectivity index (χ0v) is 16.3. The van der Waals surface area contributed by atoms with Gasteiger partial charge in [-0.05, 0) is 48.9 Å². The van der Waals surface area contributed by atoms with E-state index in [0.29, 0.717) is 23.4 Å². The number of halogens is 1. The molecule has 2 rings (SSSR count). The minimum absolute atomic E-state index is 0.0650. The molecule has 0 fully saturated rings. The summed E-state index contributed by atoms with van der Waals surface area (Å²) in [5.41, 5.74) is 1.48. The van der Waals surface area contributed by atoms with Gasteiger partial charge in [0.15, 0.2) is 0 Å². The molecule has 0 bridgehead atoms. The summed E-state index contributed by atoms with van der Waals surface area (Å²) in [6.45, 7) is 2.28. The molecule has 0 heterocycles. The van der Waals surface area contributed by atoms with E-state index in [1.165, 1.54) is 28.6 Å². The largest absolute Gasteiger partial charge is 0.383 e. The van der Waals surface area contributed by atoms with Crippen LogP contribution in [0, 0.1) is 5.82 Å². The van der Waals surface area contributed by atoms with Crippen LogP contribution in [-0.4, -0.2) is 40.3 Å². The van der Waals surface area contributed by atoms with Gasteiger partial charge < -0.3 is 10.1 Å². The Balaban J connectivity index is 2.19. The van der Waals surface area contributed by atoms with Crippen LogP contribution in [0.3, 0.4) is 0 Å². The van der Waals surface area contributed by atoms with Gasteiger partial charge in [0.1, 0.15) is 5.82 Å². The fourth-order valence-corrected chi connectivity index (χ4v) is 3.42. The van der Waals surface area contributed by atoms with Crippen molar-refractivity contribution in [2.75, 3.05) is 24.3 Å². The Kier molecular flexibility index (Phi) is 6.92. The first kappa shape index (κ1) is 20.9. The Hall–Kier alpha value is -2.45. The van der Waals surface area contributed by atoms with Crippen molar-refractivity contribution in [1.82, 2.24) is 5.32 Å². The van der Waals surface area contributed by atoms with Crippen LogP contribution in [0.25, 0.3) is 0 Å². The first-order valence-corrected chi connectivity index (χ1v) is 10.2. The van der Waals surface area contributed by atoms with Crippen LogP contribution < -0.4 is 9.62 Å². The lowest BCUT2D eigenvalue weighted by molar-refractivity contribution is 0.0905. The van der Waals surface area contributed by atoms with E-state index in [1.807, 2.05) is 6.92 Å². The summed E-state index contributed by atoms with van der Waals surface area (Å²) in [4.78, 5) is 12.2. The molecule has 0 spiro atoms. The Morgan fingerprint density at radius 1 is 1.15 bits per heavy atom. The standard InChI is InChI=1S/C19H23FN2O4S/c1-14(13-26-2)21-19(23)16-6-10-18(11-7-16)22(27(3,24)25)12-15-4-8-17(20)9-5-15/h4-11,14H,12-13H2,1-3H3,(H,21,23)/t14-/m1/s1. The van der Waals surface area contributed by atoms with Gasteiger partial charge in [0, 0.05) is 18.7 Å². The van der Waals surface area contributed by atoms with E-state index in [2.05, 4.69) is 5.32 Å². The number of benzene rings is 2. The van der Waals surface area contributed by atoms with Gasteiger partial charge in [0.2, 0.25) is 10.0 Å². The van der Waals surface area contributed by atoms with Crippen LogP contribution in [0.15, 0.2) is 48.5 Å². The fourth-order valence-electron chi connectivity index (χ4n) is 2.53. The summed E-state index contributed by atoms with van der Waals surface area (Å²) in [6.07, 6.45) is 1.10. The number of nitrogens with zero attached hydrogens (tertiary/aromatic N) is 1. The number of carbonyl (C=O) groups excluding carboxylic acids is 1. The smallest absolute Gasteiger partial charge is 0.251 e. The van der Waals surface area contributed by atoms with Crippen LogP contribution >= 0.6 is 0 Å². The number of ether oxygens (including phenoxy) is 1. The molecule has 8 heteroatoms. The number of sulfonamides is 1. The molecule has 0 saturated carbocycles. The lowest BCUT2D eigenvalue weighted by Crippen LogP contribution is -2.35. The molecule has 0 aliphatic heterocycles. The third-order valence-corrected chi connectivity index (χ3v) is 4.99. The lowest BCUT2D eigenvalue weighted by Gasteiger charge is -2.23. The van der Waals surface area contributed by atoms with Gasteiger partial charge in [0.25, 0.3) is 5.91 Å². The highest BCUT2D eigenvalue weighted by molar-refractivity contribution is 7.92. The summed E-state index contributed by atoms with van der Waals surface area (Å²) in [5.74, 6) is -0.654. The average molecular weight is 394 g/mol. The highest BCUT2D eigenvalue weighted by Crippen LogP contribution is 2.21. The van der Waals surface area contributed by atoms with Crippen molar-refractivity contribution in [3.05, 3.63) is 65.5 Å². The quantitative estimate of drug-likeness (QED) is 0.747. The second-order valence-electron chi connectivity index (χ2n) is 6.27. The summed E-state index contributed by atoms with van der Waals surface area (Å²) < 4.78 is 43.6. The molecule has 0 radical (unpaired) electrons. The third kappa shape index (κ3) is 6.04. The maximum Gasteiger partial charge on any atom is 0.251 e. The molecule has 0 unspecified atom stereocenters. The second-order valence-corrected chi connectivity index (χ2v) is 8.18. The number of methoxy groups -OCH3 is 1. The molecule has 0 saturated heterocycles. The van der Waals surface area contributed by atoms with E-state index in [-0.39, 0.29) is 24.3 Å². The molecule has 1 amide bonds. The zero-order valence-electron chi connectivity index (χ0n) is 15.5. The van der Waals surface area contributed by atoms with Gasteiger partial charge >= 0.3 is 0 Å². The highest BCUT2D eigenvalue weighted by Gasteiger charge is 2.19. The fraction of sp³-hybridized carbons (Fsp3) is 0.316. The number of rotatable bonds is 8. The number of amides is 1. The van der Waals surface area contributed by atoms with Gasteiger partial charge in [-0.1, -0.05) is 12.1 Å². The van der Waals surface area contributed by atoms with Gasteiger partial charge in [-0.25, -0.2) is 12.8 Å². The van der Waals surface area contributed by atoms with Gasteiger partial charge in [-0.15, -0.1) is 0 Å². The van der Waals surface area contributed by atoms with Gasteiger partial charge in [0.05, 0.1) is 25.1 Å². The van der Waals surface area contributed by atoms with Crippen LogP contribution in [0.1, 0.15) is 22.8 Å². The normalized spacial score (nSPS) is 12.4. The second kappa shape index (κ2) is 8.96. The molecule has 0 aromatic heterocycles. The van der Waals surface area contributed by atoms with Crippen LogP contribution in [0.4, 0.5) is 10.1 Å². The Labute approximate surface area is 159 Å². The Morgan fingerprint density at radius 3 is 2.26 bits per heavy atom. The lowest BCUT2D eigenvalue weighted by atomic mass is 10.1. The van der Waals surface area contributed by atoms with Crippen molar-refractivity contribution in [3.8, 4) is 0 Å². The first-order valence-electron chi connectivity index (χ1n) is 8.32. The molecule has 2 aromatic carbocycles. The van der Waals surface area contributed by atoms with E-state index in [1.54, 1.807) is 31.4 Å². The topological polar surface area (TPSA) is 75.7 Å². The van der Waals surface area contributed by atoms with Crippen molar-refractivity contribution in [1.29, 1.82) is 0 Å². The molecule has 1 N–H and O–H groups in total. The molecule has 1 atom stereocenters. The number of hydrogen-bond donors (Lipinski definition) is 1. The SMILES string of the molecule is COC[C@@H](C)NC(=O)c1ccc(N(Cc2ccc(F)cc2)S(C)(=O)=O)cc1. The molecular formula is C19H23FN2O4S. The van der Waals surface area contributed by atoms with E-state index >= 15 is 0 Å². The molecule has 0 aliphatic carbocycles. The number of anilines is 1. The predicted molar refractivity (Wildman–Crippen MR) is 103 cm³/mol. The van der Waals surface area contributed by atoms with E-state index in [4.69, 9.17) is 4.74 Å². The summed E-state index contributed by atoms with van der Waals surface area (Å²) in [5, 5.41) is 2.79. The number of carbonyl (C=O) groups is 1. The van der Waals surface area contributed by atoms with Crippen LogP contribution in [-0.2, 0) is 21.3 Å². The summed E-state index contributed by atoms with van der Waals surface area (Å²) in [6, 6.07) is 11.8. The highest BCUT2D eigenvalue weighted by atomic mass is 32.2. The maximum absolute atomic E-state index is 13.1. The molecule has 0 aliphatic rings. The minimum Gasteiger partial charge on any atom is -0.383 e. The molecule has 27 heavy (non-hydrogen) atoms. The first-order chi connectivity index (χ1) is 12.7. The molecule has 146 valence electrons. The molecular weight excluding hydrogens is 371 g/mol. The van der Waals surface area contributed by atoms with Crippen LogP contribution in [0.2, 0.25) is 0 Å². The number of nitrogens with one attached hydrogen (secondary N) is 1. The van der Waals surface area contributed by atoms with Crippen molar-refractivity contribution in [2.45, 2.75) is 19.5 Å². The van der Waals surface area contributed by atoms with E-state index in [9.17, 15) is 17.6 Å². The van der Waals surface area contributed by atoms with Crippen molar-refractivity contribution in [2.24, 2.45) is 0 Å². The maximum atomic E-state index is 13.1. The summed E-state index contributed by atoms with van der Waals surface area (Å²) in [7, 11) is -2.01. The van der Waals surface area contributed by atoms with Crippen molar-refractivity contribution >= 4 is 21.6 Å². The molecule has 2 aromatic rings. The van der Waals surface area contributed by atoms with Crippen molar-refractivity contribution in [3.63, 3.8) is 0 Å². The van der Waals surface area contributed by atoms with E-state index < -0.39 is 10.0 Å². The zero-order chi connectivity index (χ0) is 20.0. The van der Waals surface area contributed by atoms with E-state index in [0.717, 1.165) is 6.26 Å².